The van der Waals surface area contributed by atoms with Crippen LogP contribution >= 0.6 is 11.3 Å². The number of carbonyl (C=O) groups is 2. The van der Waals surface area contributed by atoms with E-state index < -0.39 is 5.92 Å². The van der Waals surface area contributed by atoms with Gasteiger partial charge in [0.25, 0.3) is 0 Å². The van der Waals surface area contributed by atoms with E-state index in [0.29, 0.717) is 16.3 Å². The molecule has 1 aromatic heterocycles. The van der Waals surface area contributed by atoms with E-state index in [9.17, 15) is 9.59 Å². The summed E-state index contributed by atoms with van der Waals surface area (Å²) in [6.45, 7) is 1.83. The number of amides is 1. The van der Waals surface area contributed by atoms with Crippen LogP contribution in [0.1, 0.15) is 34.3 Å². The molecule has 28 heavy (non-hydrogen) atoms. The van der Waals surface area contributed by atoms with Crippen LogP contribution in [0.2, 0.25) is 0 Å². The maximum Gasteiger partial charge on any atom is 0.233 e. The molecule has 1 amide bonds. The Morgan fingerprint density at radius 1 is 0.893 bits per heavy atom. The minimum absolute atomic E-state index is 0.0544. The van der Waals surface area contributed by atoms with Crippen LogP contribution in [-0.4, -0.2) is 16.7 Å². The average Bonchev–Trinajstić information content (AvgIpc) is 3.15. The van der Waals surface area contributed by atoms with Crippen molar-refractivity contribution in [2.75, 3.05) is 5.32 Å². The van der Waals surface area contributed by atoms with Crippen LogP contribution in [0.3, 0.4) is 0 Å². The fourth-order valence-corrected chi connectivity index (χ4v) is 3.86. The first-order valence-electron chi connectivity index (χ1n) is 8.98. The van der Waals surface area contributed by atoms with Crippen molar-refractivity contribution in [1.29, 1.82) is 0 Å². The second-order valence-electron chi connectivity index (χ2n) is 6.52. The summed E-state index contributed by atoms with van der Waals surface area (Å²) in [5, 5.41) is 3.47. The van der Waals surface area contributed by atoms with E-state index in [4.69, 9.17) is 0 Å². The highest BCUT2D eigenvalue weighted by Gasteiger charge is 2.19. The summed E-state index contributed by atoms with van der Waals surface area (Å²) in [5.74, 6) is -0.611. The zero-order valence-corrected chi connectivity index (χ0v) is 16.1. The first kappa shape index (κ1) is 18.1. The molecule has 0 aliphatic heterocycles. The lowest BCUT2D eigenvalue weighted by molar-refractivity contribution is -0.117. The van der Waals surface area contributed by atoms with Gasteiger partial charge >= 0.3 is 0 Å². The Bertz CT molecular complexity index is 1120. The van der Waals surface area contributed by atoms with Gasteiger partial charge in [-0.2, -0.15) is 0 Å². The molecule has 0 aliphatic carbocycles. The third-order valence-electron chi connectivity index (χ3n) is 4.60. The highest BCUT2D eigenvalue weighted by atomic mass is 32.1. The van der Waals surface area contributed by atoms with Crippen molar-refractivity contribution in [1.82, 2.24) is 4.98 Å². The largest absolute Gasteiger partial charge is 0.301 e. The fraction of sp³-hybridized carbons (Fsp3) is 0.0870. The molecule has 0 fully saturated rings. The molecule has 1 N–H and O–H groups in total. The van der Waals surface area contributed by atoms with E-state index in [1.165, 1.54) is 11.3 Å². The highest BCUT2D eigenvalue weighted by molar-refractivity contribution is 7.22. The maximum absolute atomic E-state index is 12.7. The third kappa shape index (κ3) is 3.70. The monoisotopic (exact) mass is 386 g/mol. The van der Waals surface area contributed by atoms with Gasteiger partial charge in [0.1, 0.15) is 0 Å². The topological polar surface area (TPSA) is 59.1 Å². The lowest BCUT2D eigenvalue weighted by Gasteiger charge is -2.12. The Labute approximate surface area is 166 Å². The molecule has 1 atom stereocenters. The Morgan fingerprint density at radius 2 is 1.61 bits per heavy atom. The molecule has 4 aromatic rings. The van der Waals surface area contributed by atoms with Crippen LogP contribution in [0.5, 0.6) is 0 Å². The van der Waals surface area contributed by atoms with E-state index in [0.717, 1.165) is 15.8 Å². The molecule has 0 aliphatic rings. The van der Waals surface area contributed by atoms with Crippen LogP contribution in [0.25, 0.3) is 10.2 Å². The van der Waals surface area contributed by atoms with Gasteiger partial charge in [0.15, 0.2) is 10.9 Å². The number of aromatic nitrogens is 1. The van der Waals surface area contributed by atoms with Gasteiger partial charge in [-0.1, -0.05) is 72.0 Å². The van der Waals surface area contributed by atoms with Gasteiger partial charge in [0.05, 0.1) is 16.1 Å². The summed E-state index contributed by atoms with van der Waals surface area (Å²) in [5.41, 5.74) is 2.86. The number of thiazole rings is 1. The minimum atomic E-state index is -0.407. The zero-order chi connectivity index (χ0) is 19.5. The molecular formula is C23H18N2O2S. The number of para-hydroxylation sites is 1. The summed E-state index contributed by atoms with van der Waals surface area (Å²) in [4.78, 5) is 29.8. The highest BCUT2D eigenvalue weighted by Crippen LogP contribution is 2.27. The average molecular weight is 386 g/mol. The third-order valence-corrected chi connectivity index (χ3v) is 5.55. The van der Waals surface area contributed by atoms with Gasteiger partial charge in [0.2, 0.25) is 5.91 Å². The fourth-order valence-electron chi connectivity index (χ4n) is 3.00. The molecule has 3 aromatic carbocycles. The molecule has 4 rings (SSSR count). The normalized spacial score (nSPS) is 11.9. The predicted molar refractivity (Wildman–Crippen MR) is 113 cm³/mol. The van der Waals surface area contributed by atoms with E-state index >= 15 is 0 Å². The van der Waals surface area contributed by atoms with Crippen molar-refractivity contribution in [3.8, 4) is 0 Å². The number of benzene rings is 3. The molecule has 5 heteroatoms. The van der Waals surface area contributed by atoms with E-state index in [2.05, 4.69) is 10.3 Å². The summed E-state index contributed by atoms with van der Waals surface area (Å²) in [7, 11) is 0. The minimum Gasteiger partial charge on any atom is -0.301 e. The SMILES string of the molecule is C[C@@H](C(=O)Nc1nc2ccccc2s1)c1cccc(C(=O)c2ccccc2)c1. The molecule has 0 spiro atoms. The summed E-state index contributed by atoms with van der Waals surface area (Å²) in [6, 6.07) is 24.1. The smallest absolute Gasteiger partial charge is 0.233 e. The molecule has 0 radical (unpaired) electrons. The van der Waals surface area contributed by atoms with Crippen LogP contribution in [0.4, 0.5) is 5.13 Å². The van der Waals surface area contributed by atoms with Crippen molar-refractivity contribution in [2.24, 2.45) is 0 Å². The van der Waals surface area contributed by atoms with Crippen LogP contribution in [0, 0.1) is 0 Å². The van der Waals surface area contributed by atoms with Gasteiger partial charge in [-0.15, -0.1) is 0 Å². The van der Waals surface area contributed by atoms with Gasteiger partial charge in [-0.05, 0) is 30.7 Å². The molecule has 0 unspecified atom stereocenters. The number of hydrogen-bond donors (Lipinski definition) is 1. The standard InChI is InChI=1S/C23H18N2O2S/c1-15(22(27)25-23-24-19-12-5-6-13-20(19)28-23)17-10-7-11-18(14-17)21(26)16-8-3-2-4-9-16/h2-15H,1H3,(H,24,25,27)/t15-/m1/s1. The van der Waals surface area contributed by atoms with Crippen molar-refractivity contribution in [3.05, 3.63) is 95.6 Å². The molecular weight excluding hydrogens is 368 g/mol. The van der Waals surface area contributed by atoms with E-state index in [1.807, 2.05) is 61.5 Å². The Hall–Kier alpha value is -3.31. The number of nitrogens with one attached hydrogen (secondary N) is 1. The van der Waals surface area contributed by atoms with Crippen LogP contribution in [0.15, 0.2) is 78.9 Å². The molecule has 0 saturated carbocycles. The van der Waals surface area contributed by atoms with Gasteiger partial charge in [0, 0.05) is 11.1 Å². The predicted octanol–water partition coefficient (Wildman–Crippen LogP) is 5.27. The molecule has 1 heterocycles. The summed E-state index contributed by atoms with van der Waals surface area (Å²) in [6.07, 6.45) is 0. The Kier molecular flexibility index (Phi) is 5.00. The first-order chi connectivity index (χ1) is 13.6. The molecule has 0 saturated heterocycles. The van der Waals surface area contributed by atoms with Gasteiger partial charge in [-0.3, -0.25) is 9.59 Å². The number of nitrogens with zero attached hydrogens (tertiary/aromatic N) is 1. The maximum atomic E-state index is 12.7. The Balaban J connectivity index is 1.53. The lowest BCUT2D eigenvalue weighted by Crippen LogP contribution is -2.19. The second-order valence-corrected chi connectivity index (χ2v) is 7.55. The molecule has 0 bridgehead atoms. The van der Waals surface area contributed by atoms with E-state index in [-0.39, 0.29) is 11.7 Å². The molecule has 4 nitrogen and oxygen atoms in total. The number of hydrogen-bond acceptors (Lipinski definition) is 4. The van der Waals surface area contributed by atoms with Crippen molar-refractivity contribution in [3.63, 3.8) is 0 Å². The number of carbonyl (C=O) groups excluding carboxylic acids is 2. The number of ketones is 1. The Morgan fingerprint density at radius 3 is 2.39 bits per heavy atom. The quantitative estimate of drug-likeness (QED) is 0.475. The number of rotatable bonds is 5. The first-order valence-corrected chi connectivity index (χ1v) is 9.79. The van der Waals surface area contributed by atoms with E-state index in [1.54, 1.807) is 24.3 Å². The van der Waals surface area contributed by atoms with Crippen molar-refractivity contribution in [2.45, 2.75) is 12.8 Å². The molecule has 138 valence electrons. The summed E-state index contributed by atoms with van der Waals surface area (Å²) >= 11 is 1.45. The van der Waals surface area contributed by atoms with Gasteiger partial charge < -0.3 is 5.32 Å². The number of fused-ring (bicyclic) bond motifs is 1. The van der Waals surface area contributed by atoms with Crippen LogP contribution in [-0.2, 0) is 4.79 Å². The lowest BCUT2D eigenvalue weighted by atomic mass is 9.95. The zero-order valence-electron chi connectivity index (χ0n) is 15.3. The van der Waals surface area contributed by atoms with Gasteiger partial charge in [-0.25, -0.2) is 4.98 Å². The number of anilines is 1. The van der Waals surface area contributed by atoms with Crippen molar-refractivity contribution >= 4 is 38.4 Å². The second kappa shape index (κ2) is 7.74. The van der Waals surface area contributed by atoms with Crippen LogP contribution < -0.4 is 5.32 Å². The van der Waals surface area contributed by atoms with Crippen molar-refractivity contribution < 1.29 is 9.59 Å². The summed E-state index contributed by atoms with van der Waals surface area (Å²) < 4.78 is 1.03.